The Morgan fingerprint density at radius 2 is 2.11 bits per heavy atom. The van der Waals surface area contributed by atoms with Crippen LogP contribution in [0.15, 0.2) is 36.5 Å². The Balaban J connectivity index is 2.21. The Hall–Kier alpha value is -1.81. The minimum Gasteiger partial charge on any atom is -0.308 e. The van der Waals surface area contributed by atoms with Crippen molar-refractivity contribution < 1.29 is 4.39 Å². The summed E-state index contributed by atoms with van der Waals surface area (Å²) in [5, 5.41) is 3.25. The summed E-state index contributed by atoms with van der Waals surface area (Å²) in [7, 11) is 0. The minimum absolute atomic E-state index is 0.257. The van der Waals surface area contributed by atoms with Gasteiger partial charge in [0.2, 0.25) is 0 Å². The van der Waals surface area contributed by atoms with Gasteiger partial charge in [0.15, 0.2) is 0 Å². The second-order valence-corrected chi connectivity index (χ2v) is 4.40. The van der Waals surface area contributed by atoms with Gasteiger partial charge in [-0.3, -0.25) is 0 Å². The molecule has 0 aliphatic carbocycles. The normalized spacial score (nSPS) is 10.9. The van der Waals surface area contributed by atoms with E-state index in [1.54, 1.807) is 18.3 Å². The third-order valence-corrected chi connectivity index (χ3v) is 2.49. The van der Waals surface area contributed by atoms with Crippen LogP contribution in [0.5, 0.6) is 0 Å². The molecule has 1 heterocycles. The highest BCUT2D eigenvalue weighted by Crippen LogP contribution is 2.17. The number of nitrogens with zero attached hydrogens (tertiary/aromatic N) is 2. The molecule has 0 bridgehead atoms. The van der Waals surface area contributed by atoms with Crippen molar-refractivity contribution in [3.63, 3.8) is 0 Å². The van der Waals surface area contributed by atoms with Gasteiger partial charge in [-0.2, -0.15) is 0 Å². The van der Waals surface area contributed by atoms with Crippen LogP contribution in [0.3, 0.4) is 0 Å². The molecule has 0 saturated carbocycles. The summed E-state index contributed by atoms with van der Waals surface area (Å²) in [6.07, 6.45) is 1.70. The molecule has 1 aromatic heterocycles. The summed E-state index contributed by atoms with van der Waals surface area (Å²) in [5.41, 5.74) is 1.51. The molecule has 2 rings (SSSR count). The molecule has 1 aromatic carbocycles. The van der Waals surface area contributed by atoms with E-state index in [1.807, 2.05) is 6.07 Å². The van der Waals surface area contributed by atoms with Crippen LogP contribution in [0.25, 0.3) is 11.3 Å². The van der Waals surface area contributed by atoms with Gasteiger partial charge in [-0.15, -0.1) is 0 Å². The van der Waals surface area contributed by atoms with Crippen molar-refractivity contribution >= 4 is 0 Å². The maximum atomic E-state index is 13.2. The topological polar surface area (TPSA) is 37.8 Å². The second-order valence-electron chi connectivity index (χ2n) is 4.40. The Morgan fingerprint density at radius 3 is 2.83 bits per heavy atom. The van der Waals surface area contributed by atoms with Crippen molar-refractivity contribution in [2.24, 2.45) is 0 Å². The first-order valence-electron chi connectivity index (χ1n) is 5.96. The monoisotopic (exact) mass is 245 g/mol. The first-order valence-corrected chi connectivity index (χ1v) is 5.96. The van der Waals surface area contributed by atoms with Gasteiger partial charge in [-0.1, -0.05) is 26.0 Å². The molecule has 3 nitrogen and oxygen atoms in total. The number of aromatic nitrogens is 2. The summed E-state index contributed by atoms with van der Waals surface area (Å²) in [5.74, 6) is 0.457. The maximum Gasteiger partial charge on any atom is 0.142 e. The van der Waals surface area contributed by atoms with Gasteiger partial charge in [0.25, 0.3) is 0 Å². The van der Waals surface area contributed by atoms with Crippen molar-refractivity contribution in [2.45, 2.75) is 26.4 Å². The summed E-state index contributed by atoms with van der Waals surface area (Å²) >= 11 is 0. The quantitative estimate of drug-likeness (QED) is 0.900. The number of nitrogens with one attached hydrogen (secondary N) is 1. The van der Waals surface area contributed by atoms with Crippen LogP contribution in [-0.4, -0.2) is 16.0 Å². The van der Waals surface area contributed by atoms with Gasteiger partial charge in [0, 0.05) is 17.8 Å². The van der Waals surface area contributed by atoms with Crippen molar-refractivity contribution in [1.82, 2.24) is 15.3 Å². The lowest BCUT2D eigenvalue weighted by atomic mass is 10.1. The molecular weight excluding hydrogens is 229 g/mol. The molecule has 0 saturated heterocycles. The van der Waals surface area contributed by atoms with Crippen LogP contribution in [0.2, 0.25) is 0 Å². The zero-order chi connectivity index (χ0) is 13.0. The van der Waals surface area contributed by atoms with Gasteiger partial charge < -0.3 is 5.32 Å². The Kier molecular flexibility index (Phi) is 3.99. The SMILES string of the molecule is CC(C)NCc1nccc(-c2cccc(F)c2)n1. The lowest BCUT2D eigenvalue weighted by Gasteiger charge is -2.08. The lowest BCUT2D eigenvalue weighted by molar-refractivity contribution is 0.572. The fraction of sp³-hybridized carbons (Fsp3) is 0.286. The fourth-order valence-corrected chi connectivity index (χ4v) is 1.59. The summed E-state index contributed by atoms with van der Waals surface area (Å²) in [6.45, 7) is 4.74. The standard InChI is InChI=1S/C14H16FN3/c1-10(2)17-9-14-16-7-6-13(18-14)11-4-3-5-12(15)8-11/h3-8,10,17H,9H2,1-2H3. The van der Waals surface area contributed by atoms with Crippen LogP contribution in [0, 0.1) is 5.82 Å². The average molecular weight is 245 g/mol. The number of halogens is 1. The van der Waals surface area contributed by atoms with Gasteiger partial charge >= 0.3 is 0 Å². The first kappa shape index (κ1) is 12.6. The van der Waals surface area contributed by atoms with Crippen LogP contribution in [-0.2, 0) is 6.54 Å². The maximum absolute atomic E-state index is 13.2. The molecule has 18 heavy (non-hydrogen) atoms. The third kappa shape index (κ3) is 3.34. The average Bonchev–Trinajstić information content (AvgIpc) is 2.37. The van der Waals surface area contributed by atoms with E-state index in [2.05, 4.69) is 29.1 Å². The fourth-order valence-electron chi connectivity index (χ4n) is 1.59. The molecule has 0 radical (unpaired) electrons. The second kappa shape index (κ2) is 5.69. The molecule has 0 spiro atoms. The predicted molar refractivity (Wildman–Crippen MR) is 69.4 cm³/mol. The number of benzene rings is 1. The highest BCUT2D eigenvalue weighted by atomic mass is 19.1. The Bertz CT molecular complexity index is 526. The molecule has 4 heteroatoms. The van der Waals surface area contributed by atoms with E-state index in [4.69, 9.17) is 0 Å². The third-order valence-electron chi connectivity index (χ3n) is 2.49. The van der Waals surface area contributed by atoms with Gasteiger partial charge in [-0.05, 0) is 18.2 Å². The van der Waals surface area contributed by atoms with Crippen LogP contribution in [0.4, 0.5) is 4.39 Å². The molecule has 0 unspecified atom stereocenters. The van der Waals surface area contributed by atoms with E-state index in [1.165, 1.54) is 12.1 Å². The Morgan fingerprint density at radius 1 is 1.28 bits per heavy atom. The highest BCUT2D eigenvalue weighted by Gasteiger charge is 2.03. The van der Waals surface area contributed by atoms with Crippen molar-refractivity contribution in [3.8, 4) is 11.3 Å². The smallest absolute Gasteiger partial charge is 0.142 e. The molecule has 0 aliphatic rings. The molecule has 0 aliphatic heterocycles. The van der Waals surface area contributed by atoms with Crippen LogP contribution >= 0.6 is 0 Å². The molecule has 0 atom stereocenters. The zero-order valence-electron chi connectivity index (χ0n) is 10.5. The first-order chi connectivity index (χ1) is 8.65. The number of rotatable bonds is 4. The van der Waals surface area contributed by atoms with Crippen molar-refractivity contribution in [1.29, 1.82) is 0 Å². The molecule has 0 amide bonds. The molecule has 2 aromatic rings. The van der Waals surface area contributed by atoms with E-state index in [0.717, 1.165) is 11.3 Å². The zero-order valence-corrected chi connectivity index (χ0v) is 10.5. The van der Waals surface area contributed by atoms with Gasteiger partial charge in [0.05, 0.1) is 12.2 Å². The van der Waals surface area contributed by atoms with Crippen LogP contribution in [0.1, 0.15) is 19.7 Å². The van der Waals surface area contributed by atoms with Crippen LogP contribution < -0.4 is 5.32 Å². The Labute approximate surface area is 106 Å². The van der Waals surface area contributed by atoms with E-state index < -0.39 is 0 Å². The number of hydrogen-bond donors (Lipinski definition) is 1. The summed E-state index contributed by atoms with van der Waals surface area (Å²) in [4.78, 5) is 8.61. The van der Waals surface area contributed by atoms with E-state index in [-0.39, 0.29) is 5.82 Å². The van der Waals surface area contributed by atoms with E-state index in [9.17, 15) is 4.39 Å². The molecular formula is C14H16FN3. The minimum atomic E-state index is -0.257. The number of hydrogen-bond acceptors (Lipinski definition) is 3. The predicted octanol–water partition coefficient (Wildman–Crippen LogP) is 2.78. The highest BCUT2D eigenvalue weighted by molar-refractivity contribution is 5.58. The van der Waals surface area contributed by atoms with E-state index >= 15 is 0 Å². The summed E-state index contributed by atoms with van der Waals surface area (Å²) in [6, 6.07) is 8.58. The molecule has 1 N–H and O–H groups in total. The molecule has 0 fully saturated rings. The van der Waals surface area contributed by atoms with E-state index in [0.29, 0.717) is 18.4 Å². The van der Waals surface area contributed by atoms with Crippen molar-refractivity contribution in [3.05, 3.63) is 48.2 Å². The summed E-state index contributed by atoms with van der Waals surface area (Å²) < 4.78 is 13.2. The molecule has 94 valence electrons. The van der Waals surface area contributed by atoms with Gasteiger partial charge in [0.1, 0.15) is 11.6 Å². The van der Waals surface area contributed by atoms with Gasteiger partial charge in [-0.25, -0.2) is 14.4 Å². The largest absolute Gasteiger partial charge is 0.308 e. The van der Waals surface area contributed by atoms with Crippen molar-refractivity contribution in [2.75, 3.05) is 0 Å². The lowest BCUT2D eigenvalue weighted by Crippen LogP contribution is -2.23.